The first-order valence-electron chi connectivity index (χ1n) is 6.04. The van der Waals surface area contributed by atoms with E-state index in [1.54, 1.807) is 0 Å². The van der Waals surface area contributed by atoms with Gasteiger partial charge in [0, 0.05) is 17.6 Å². The number of rotatable bonds is 3. The summed E-state index contributed by atoms with van der Waals surface area (Å²) in [5.41, 5.74) is 4.11. The third kappa shape index (κ3) is 2.26. The molecule has 2 heterocycles. The van der Waals surface area contributed by atoms with Crippen molar-refractivity contribution in [3.05, 3.63) is 42.0 Å². The summed E-state index contributed by atoms with van der Waals surface area (Å²) in [5.74, 6) is 1.13. The van der Waals surface area contributed by atoms with Crippen LogP contribution in [-0.2, 0) is 0 Å². The van der Waals surface area contributed by atoms with Gasteiger partial charge in [-0.15, -0.1) is 0 Å². The molecule has 1 aromatic carbocycles. The van der Waals surface area contributed by atoms with Crippen molar-refractivity contribution in [2.75, 3.05) is 6.61 Å². The maximum atomic E-state index is 8.73. The maximum Gasteiger partial charge on any atom is 0.255 e. The monoisotopic (exact) mass is 272 g/mol. The second kappa shape index (κ2) is 5.54. The number of hydrogen-bond acceptors (Lipinski definition) is 6. The predicted octanol–water partition coefficient (Wildman–Crippen LogP) is 1.73. The molecule has 0 amide bonds. The van der Waals surface area contributed by atoms with Gasteiger partial charge in [0.05, 0.1) is 12.3 Å². The molecule has 0 radical (unpaired) electrons. The summed E-state index contributed by atoms with van der Waals surface area (Å²) in [6, 6.07) is 7.54. The van der Waals surface area contributed by atoms with Crippen molar-refractivity contribution in [3.63, 3.8) is 0 Å². The van der Waals surface area contributed by atoms with Crippen LogP contribution in [0, 0.1) is 0 Å². The zero-order chi connectivity index (χ0) is 13.8. The molecule has 1 aliphatic rings. The highest BCUT2D eigenvalue weighted by molar-refractivity contribution is 5.92. The number of aliphatic imine (C=N–C) groups is 1. The molecule has 102 valence electrons. The number of ether oxygens (including phenoxy) is 1. The van der Waals surface area contributed by atoms with Gasteiger partial charge < -0.3 is 9.26 Å². The molecule has 0 atom stereocenters. The van der Waals surface area contributed by atoms with Gasteiger partial charge in [0.25, 0.3) is 5.89 Å². The van der Waals surface area contributed by atoms with Crippen LogP contribution in [0.25, 0.3) is 11.3 Å². The van der Waals surface area contributed by atoms with E-state index in [4.69, 9.17) is 14.5 Å². The topological polar surface area (TPSA) is 92.8 Å². The van der Waals surface area contributed by atoms with E-state index in [1.165, 1.54) is 12.7 Å². The average Bonchev–Trinajstić information content (AvgIpc) is 2.94. The number of nitrogens with zero attached hydrogens (tertiary/aromatic N) is 3. The van der Waals surface area contributed by atoms with Gasteiger partial charge in [-0.3, -0.25) is 10.7 Å². The highest BCUT2D eigenvalue weighted by atomic mass is 16.5. The molecule has 0 aliphatic carbocycles. The van der Waals surface area contributed by atoms with Crippen molar-refractivity contribution in [1.82, 2.24) is 15.6 Å². The molecule has 0 bridgehead atoms. The van der Waals surface area contributed by atoms with E-state index in [9.17, 15) is 0 Å². The second-order valence-corrected chi connectivity index (χ2v) is 4.06. The zero-order valence-electron chi connectivity index (χ0n) is 10.5. The summed E-state index contributed by atoms with van der Waals surface area (Å²) < 4.78 is 10.8. The Morgan fingerprint density at radius 3 is 3.05 bits per heavy atom. The summed E-state index contributed by atoms with van der Waals surface area (Å²) in [4.78, 5) is 8.29. The molecule has 1 aliphatic heterocycles. The lowest BCUT2D eigenvalue weighted by Gasteiger charge is -2.07. The van der Waals surface area contributed by atoms with E-state index >= 15 is 0 Å². The SMILES string of the molecule is ONC=NC1=C(c2ncno2)CCOc2ccccc21. The third-order valence-electron chi connectivity index (χ3n) is 2.91. The van der Waals surface area contributed by atoms with Crippen LogP contribution in [0.3, 0.4) is 0 Å². The predicted molar refractivity (Wildman–Crippen MR) is 71.1 cm³/mol. The Morgan fingerprint density at radius 1 is 1.35 bits per heavy atom. The Labute approximate surface area is 114 Å². The van der Waals surface area contributed by atoms with E-state index in [1.807, 2.05) is 29.7 Å². The quantitative estimate of drug-likeness (QED) is 0.502. The van der Waals surface area contributed by atoms with Gasteiger partial charge in [0.2, 0.25) is 0 Å². The van der Waals surface area contributed by atoms with Crippen molar-refractivity contribution in [3.8, 4) is 5.75 Å². The zero-order valence-corrected chi connectivity index (χ0v) is 10.5. The molecule has 20 heavy (non-hydrogen) atoms. The smallest absolute Gasteiger partial charge is 0.255 e. The summed E-state index contributed by atoms with van der Waals surface area (Å²) >= 11 is 0. The number of hydrogen-bond donors (Lipinski definition) is 2. The molecule has 2 N–H and O–H groups in total. The molecular formula is C13H12N4O3. The first kappa shape index (κ1) is 12.4. The van der Waals surface area contributed by atoms with Crippen LogP contribution in [0.15, 0.2) is 40.1 Å². The van der Waals surface area contributed by atoms with Crippen molar-refractivity contribution in [2.24, 2.45) is 4.99 Å². The van der Waals surface area contributed by atoms with Crippen LogP contribution >= 0.6 is 0 Å². The van der Waals surface area contributed by atoms with E-state index in [0.717, 1.165) is 16.9 Å². The molecule has 1 aromatic heterocycles. The molecule has 2 aromatic rings. The Balaban J connectivity index is 2.19. The highest BCUT2D eigenvalue weighted by Gasteiger charge is 2.21. The number of para-hydroxylation sites is 1. The molecule has 3 rings (SSSR count). The second-order valence-electron chi connectivity index (χ2n) is 4.06. The van der Waals surface area contributed by atoms with Crippen LogP contribution in [0.2, 0.25) is 0 Å². The fourth-order valence-electron chi connectivity index (χ4n) is 2.09. The number of benzene rings is 1. The standard InChI is InChI=1S/C13H12N4O3/c18-16-7-14-12-9-3-1-2-4-11(9)19-6-5-10(12)13-15-8-17-20-13/h1-4,7-8,18H,5-6H2,(H,14,16). The lowest BCUT2D eigenvalue weighted by molar-refractivity contribution is 0.240. The normalized spacial score (nSPS) is 14.8. The van der Waals surface area contributed by atoms with E-state index in [-0.39, 0.29) is 0 Å². The summed E-state index contributed by atoms with van der Waals surface area (Å²) in [5, 5.41) is 12.3. The first-order chi connectivity index (χ1) is 9.90. The Morgan fingerprint density at radius 2 is 2.25 bits per heavy atom. The molecule has 0 spiro atoms. The summed E-state index contributed by atoms with van der Waals surface area (Å²) in [6.07, 6.45) is 3.11. The molecule has 7 heteroatoms. The Bertz CT molecular complexity index is 649. The number of fused-ring (bicyclic) bond motifs is 1. The van der Waals surface area contributed by atoms with Crippen LogP contribution in [-0.4, -0.2) is 28.3 Å². The van der Waals surface area contributed by atoms with E-state index in [0.29, 0.717) is 24.6 Å². The first-order valence-corrected chi connectivity index (χ1v) is 6.04. The lowest BCUT2D eigenvalue weighted by atomic mass is 10.0. The van der Waals surface area contributed by atoms with Crippen molar-refractivity contribution in [2.45, 2.75) is 6.42 Å². The molecule has 0 saturated carbocycles. The number of nitrogens with one attached hydrogen (secondary N) is 1. The van der Waals surface area contributed by atoms with Crippen LogP contribution < -0.4 is 10.2 Å². The van der Waals surface area contributed by atoms with Gasteiger partial charge in [-0.25, -0.2) is 4.99 Å². The Hall–Kier alpha value is -2.67. The van der Waals surface area contributed by atoms with Crippen molar-refractivity contribution >= 4 is 17.6 Å². The summed E-state index contributed by atoms with van der Waals surface area (Å²) in [6.45, 7) is 0.486. The molecule has 0 fully saturated rings. The lowest BCUT2D eigenvalue weighted by Crippen LogP contribution is -2.02. The summed E-state index contributed by atoms with van der Waals surface area (Å²) in [7, 11) is 0. The van der Waals surface area contributed by atoms with Gasteiger partial charge in [0.1, 0.15) is 12.1 Å². The average molecular weight is 272 g/mol. The van der Waals surface area contributed by atoms with Crippen molar-refractivity contribution in [1.29, 1.82) is 0 Å². The molecule has 0 unspecified atom stereocenters. The van der Waals surface area contributed by atoms with Gasteiger partial charge in [-0.1, -0.05) is 17.3 Å². The van der Waals surface area contributed by atoms with Gasteiger partial charge >= 0.3 is 0 Å². The number of hydroxylamine groups is 1. The fraction of sp³-hybridized carbons (Fsp3) is 0.154. The molecular weight excluding hydrogens is 260 g/mol. The van der Waals surface area contributed by atoms with E-state index in [2.05, 4.69) is 15.1 Å². The van der Waals surface area contributed by atoms with Crippen LogP contribution in [0.4, 0.5) is 0 Å². The fourth-order valence-corrected chi connectivity index (χ4v) is 2.09. The number of aromatic nitrogens is 2. The minimum absolute atomic E-state index is 0.399. The molecule has 0 saturated heterocycles. The van der Waals surface area contributed by atoms with Crippen LogP contribution in [0.1, 0.15) is 17.9 Å². The third-order valence-corrected chi connectivity index (χ3v) is 2.91. The Kier molecular flexibility index (Phi) is 3.42. The van der Waals surface area contributed by atoms with Gasteiger partial charge in [-0.2, -0.15) is 4.98 Å². The van der Waals surface area contributed by atoms with Crippen molar-refractivity contribution < 1.29 is 14.5 Å². The maximum absolute atomic E-state index is 8.73. The minimum atomic E-state index is 0.399. The van der Waals surface area contributed by atoms with Crippen LogP contribution in [0.5, 0.6) is 5.75 Å². The van der Waals surface area contributed by atoms with E-state index < -0.39 is 0 Å². The van der Waals surface area contributed by atoms with Gasteiger partial charge in [0.15, 0.2) is 6.33 Å². The minimum Gasteiger partial charge on any atom is -0.493 e. The highest BCUT2D eigenvalue weighted by Crippen LogP contribution is 2.36. The molecule has 7 nitrogen and oxygen atoms in total. The van der Waals surface area contributed by atoms with Gasteiger partial charge in [-0.05, 0) is 12.1 Å². The largest absolute Gasteiger partial charge is 0.493 e.